The van der Waals surface area contributed by atoms with Crippen molar-refractivity contribution in [1.82, 2.24) is 5.32 Å². The Labute approximate surface area is 78.4 Å². The lowest BCUT2D eigenvalue weighted by molar-refractivity contribution is 0.0651. The van der Waals surface area contributed by atoms with Crippen LogP contribution in [0.3, 0.4) is 0 Å². The number of ether oxygens (including phenoxy) is 1. The highest BCUT2D eigenvalue weighted by atomic mass is 35.5. The number of nitrogens with one attached hydrogen (secondary N) is 1. The molecule has 0 bridgehead atoms. The Bertz CT molecular complexity index is 139. The van der Waals surface area contributed by atoms with Crippen LogP contribution in [0.15, 0.2) is 11.1 Å². The monoisotopic (exact) mass is 193 g/mol. The predicted molar refractivity (Wildman–Crippen MR) is 50.4 cm³/mol. The highest BCUT2D eigenvalue weighted by Gasteiger charge is 2.01. The molecule has 1 unspecified atom stereocenters. The van der Waals surface area contributed by atoms with Gasteiger partial charge in [0, 0.05) is 25.7 Å². The first-order valence-electron chi connectivity index (χ1n) is 3.84. The first-order valence-corrected chi connectivity index (χ1v) is 4.28. The van der Waals surface area contributed by atoms with Gasteiger partial charge in [0.1, 0.15) is 0 Å². The van der Waals surface area contributed by atoms with Gasteiger partial charge in [-0.15, -0.1) is 0 Å². The summed E-state index contributed by atoms with van der Waals surface area (Å²) in [5.41, 5.74) is 2.57. The van der Waals surface area contributed by atoms with Crippen LogP contribution in [-0.2, 0) is 4.74 Å². The molecule has 72 valence electrons. The quantitative estimate of drug-likeness (QED) is 0.654. The van der Waals surface area contributed by atoms with Gasteiger partial charge >= 0.3 is 0 Å². The third kappa shape index (κ3) is 6.61. The molecule has 0 rings (SSSR count). The molecule has 0 spiro atoms. The number of rotatable bonds is 6. The number of hydrogen-bond acceptors (Lipinski definition) is 3. The van der Waals surface area contributed by atoms with E-state index in [1.807, 2.05) is 6.92 Å². The van der Waals surface area contributed by atoms with Crippen molar-refractivity contribution in [1.29, 1.82) is 0 Å². The maximum Gasteiger partial charge on any atom is 0.0897 e. The second kappa shape index (κ2) is 7.55. The second-order valence-electron chi connectivity index (χ2n) is 2.70. The Morgan fingerprint density at radius 3 is 2.92 bits per heavy atom. The molecule has 0 aliphatic rings. The molecule has 0 aliphatic heterocycles. The van der Waals surface area contributed by atoms with Gasteiger partial charge in [0.15, 0.2) is 0 Å². The van der Waals surface area contributed by atoms with Gasteiger partial charge in [-0.2, -0.15) is 0 Å². The van der Waals surface area contributed by atoms with Gasteiger partial charge < -0.3 is 15.2 Å². The van der Waals surface area contributed by atoms with Gasteiger partial charge in [-0.1, -0.05) is 11.6 Å². The number of halogens is 1. The topological polar surface area (TPSA) is 41.5 Å². The molecule has 0 saturated heterocycles. The maximum absolute atomic E-state index is 9.19. The molecule has 0 fully saturated rings. The lowest BCUT2D eigenvalue weighted by Crippen LogP contribution is -2.30. The van der Waals surface area contributed by atoms with Crippen LogP contribution < -0.4 is 5.32 Å². The van der Waals surface area contributed by atoms with E-state index in [2.05, 4.69) is 5.32 Å². The van der Waals surface area contributed by atoms with Crippen LogP contribution in [0.5, 0.6) is 0 Å². The minimum Gasteiger partial charge on any atom is -0.389 e. The highest BCUT2D eigenvalue weighted by molar-refractivity contribution is 6.25. The van der Waals surface area contributed by atoms with E-state index in [4.69, 9.17) is 16.3 Å². The van der Waals surface area contributed by atoms with E-state index in [0.29, 0.717) is 19.7 Å². The van der Waals surface area contributed by atoms with Crippen molar-refractivity contribution in [2.45, 2.75) is 13.0 Å². The molecule has 0 radical (unpaired) electrons. The zero-order valence-corrected chi connectivity index (χ0v) is 8.27. The first-order chi connectivity index (χ1) is 5.70. The molecule has 4 heteroatoms. The SMILES string of the molecule is COCC(O)CNCC(C)=CCl. The molecule has 0 aromatic carbocycles. The van der Waals surface area contributed by atoms with Crippen molar-refractivity contribution >= 4 is 11.6 Å². The lowest BCUT2D eigenvalue weighted by atomic mass is 10.3. The van der Waals surface area contributed by atoms with E-state index >= 15 is 0 Å². The third-order valence-electron chi connectivity index (χ3n) is 1.33. The molecule has 2 N–H and O–H groups in total. The minimum absolute atomic E-state index is 0.358. The Kier molecular flexibility index (Phi) is 7.50. The standard InChI is InChI=1S/C8H16ClNO2/c1-7(3-9)4-10-5-8(11)6-12-2/h3,8,10-11H,4-6H2,1-2H3. The van der Waals surface area contributed by atoms with Gasteiger partial charge in [-0.3, -0.25) is 0 Å². The average Bonchev–Trinajstić information content (AvgIpc) is 2.04. The molecule has 3 nitrogen and oxygen atoms in total. The van der Waals surface area contributed by atoms with E-state index in [1.165, 1.54) is 5.54 Å². The van der Waals surface area contributed by atoms with Crippen molar-refractivity contribution < 1.29 is 9.84 Å². The largest absolute Gasteiger partial charge is 0.389 e. The summed E-state index contributed by atoms with van der Waals surface area (Å²) in [4.78, 5) is 0. The average molecular weight is 194 g/mol. The Morgan fingerprint density at radius 2 is 2.42 bits per heavy atom. The maximum atomic E-state index is 9.19. The van der Waals surface area contributed by atoms with Crippen LogP contribution in [0.4, 0.5) is 0 Å². The fourth-order valence-electron chi connectivity index (χ4n) is 0.726. The summed E-state index contributed by atoms with van der Waals surface area (Å²) >= 11 is 5.44. The van der Waals surface area contributed by atoms with Crippen LogP contribution in [0.2, 0.25) is 0 Å². The fourth-order valence-corrected chi connectivity index (χ4v) is 0.803. The smallest absolute Gasteiger partial charge is 0.0897 e. The van der Waals surface area contributed by atoms with Gasteiger partial charge in [0.2, 0.25) is 0 Å². The van der Waals surface area contributed by atoms with Gasteiger partial charge in [-0.05, 0) is 12.5 Å². The fraction of sp³-hybridized carbons (Fsp3) is 0.750. The molecule has 0 amide bonds. The number of aliphatic hydroxyl groups excluding tert-OH is 1. The Hall–Kier alpha value is -0.0900. The Morgan fingerprint density at radius 1 is 1.75 bits per heavy atom. The summed E-state index contributed by atoms with van der Waals surface area (Å²) in [5, 5.41) is 12.2. The molecule has 0 saturated carbocycles. The van der Waals surface area contributed by atoms with Crippen LogP contribution in [0, 0.1) is 0 Å². The molecular formula is C8H16ClNO2. The van der Waals surface area contributed by atoms with E-state index in [1.54, 1.807) is 7.11 Å². The molecule has 12 heavy (non-hydrogen) atoms. The highest BCUT2D eigenvalue weighted by Crippen LogP contribution is 1.92. The van der Waals surface area contributed by atoms with Gasteiger partial charge in [0.25, 0.3) is 0 Å². The number of hydrogen-bond donors (Lipinski definition) is 2. The summed E-state index contributed by atoms with van der Waals surface area (Å²) in [6, 6.07) is 0. The molecule has 1 atom stereocenters. The molecule has 0 aromatic heterocycles. The van der Waals surface area contributed by atoms with Crippen molar-refractivity contribution in [3.8, 4) is 0 Å². The minimum atomic E-state index is -0.446. The zero-order chi connectivity index (χ0) is 9.40. The summed E-state index contributed by atoms with van der Waals surface area (Å²) < 4.78 is 4.76. The van der Waals surface area contributed by atoms with E-state index < -0.39 is 6.10 Å². The first kappa shape index (κ1) is 11.9. The molecule has 0 aliphatic carbocycles. The number of methoxy groups -OCH3 is 1. The third-order valence-corrected chi connectivity index (χ3v) is 1.70. The molecule has 0 heterocycles. The van der Waals surface area contributed by atoms with Crippen LogP contribution >= 0.6 is 11.6 Å². The predicted octanol–water partition coefficient (Wildman–Crippen LogP) is 0.726. The zero-order valence-electron chi connectivity index (χ0n) is 7.51. The molecular weight excluding hydrogens is 178 g/mol. The summed E-state index contributed by atoms with van der Waals surface area (Å²) in [6.45, 7) is 3.50. The van der Waals surface area contributed by atoms with Crippen LogP contribution in [-0.4, -0.2) is 38.0 Å². The lowest BCUT2D eigenvalue weighted by Gasteiger charge is -2.10. The van der Waals surface area contributed by atoms with Crippen LogP contribution in [0.25, 0.3) is 0 Å². The van der Waals surface area contributed by atoms with Gasteiger partial charge in [0.05, 0.1) is 12.7 Å². The van der Waals surface area contributed by atoms with E-state index in [-0.39, 0.29) is 0 Å². The summed E-state index contributed by atoms with van der Waals surface area (Å²) in [6.07, 6.45) is -0.446. The Balaban J connectivity index is 3.30. The number of aliphatic hydroxyl groups is 1. The second-order valence-corrected chi connectivity index (χ2v) is 2.91. The van der Waals surface area contributed by atoms with Crippen LogP contribution in [0.1, 0.15) is 6.92 Å². The van der Waals surface area contributed by atoms with Crippen molar-refractivity contribution in [3.05, 3.63) is 11.1 Å². The van der Waals surface area contributed by atoms with E-state index in [0.717, 1.165) is 5.57 Å². The summed E-state index contributed by atoms with van der Waals surface area (Å²) in [7, 11) is 1.56. The summed E-state index contributed by atoms with van der Waals surface area (Å²) in [5.74, 6) is 0. The molecule has 0 aromatic rings. The van der Waals surface area contributed by atoms with E-state index in [9.17, 15) is 5.11 Å². The van der Waals surface area contributed by atoms with Gasteiger partial charge in [-0.25, -0.2) is 0 Å². The van der Waals surface area contributed by atoms with Crippen molar-refractivity contribution in [3.63, 3.8) is 0 Å². The van der Waals surface area contributed by atoms with Crippen molar-refractivity contribution in [2.75, 3.05) is 26.8 Å². The normalized spacial score (nSPS) is 14.8. The van der Waals surface area contributed by atoms with Crippen molar-refractivity contribution in [2.24, 2.45) is 0 Å².